The van der Waals surface area contributed by atoms with Crippen molar-refractivity contribution in [2.45, 2.75) is 58.5 Å². The standard InChI is InChI=1S/C29H37N5O4S.2H2/c1-18(2)17-38-22-13-19(3)12-21(14-22)24-11-10-23(27(31-24)34-16-20(4)15-29(34,5)6)28(35)33-39(36,37)26-9-7-8-25(30)32-26;;/h7-14,18,20H,15-17H2,1-6H3,(H2,30,32)(H,33,35);2*1H/t20-;;/m0../s1. The predicted octanol–water partition coefficient (Wildman–Crippen LogP) is 5.30. The molecule has 9 nitrogen and oxygen atoms in total. The fraction of sp³-hybridized carbons (Fsp3) is 0.414. The molecule has 0 bridgehead atoms. The Hall–Kier alpha value is -3.66. The molecule has 1 aliphatic heterocycles. The van der Waals surface area contributed by atoms with Gasteiger partial charge in [0.05, 0.1) is 17.9 Å². The Bertz CT molecular complexity index is 1500. The summed E-state index contributed by atoms with van der Waals surface area (Å²) < 4.78 is 34.0. The molecule has 3 aromatic rings. The van der Waals surface area contributed by atoms with E-state index >= 15 is 0 Å². The van der Waals surface area contributed by atoms with Crippen LogP contribution in [0.25, 0.3) is 11.3 Å². The Balaban J connectivity index is 0.00000294. The van der Waals surface area contributed by atoms with Crippen molar-refractivity contribution in [1.82, 2.24) is 14.7 Å². The highest BCUT2D eigenvalue weighted by atomic mass is 32.2. The van der Waals surface area contributed by atoms with E-state index in [1.807, 2.05) is 25.1 Å². The van der Waals surface area contributed by atoms with Gasteiger partial charge in [0, 0.05) is 20.5 Å². The highest BCUT2D eigenvalue weighted by Gasteiger charge is 2.39. The molecule has 1 aliphatic rings. The summed E-state index contributed by atoms with van der Waals surface area (Å²) in [5, 5.41) is -0.328. The molecule has 0 saturated carbocycles. The molecule has 3 heterocycles. The molecule has 3 N–H and O–H groups in total. The molecule has 1 fully saturated rings. The first-order valence-corrected chi connectivity index (χ1v) is 14.6. The van der Waals surface area contributed by atoms with Crippen LogP contribution in [0.1, 0.15) is 59.8 Å². The number of nitrogen functional groups attached to an aromatic ring is 1. The van der Waals surface area contributed by atoms with Gasteiger partial charge in [-0.2, -0.15) is 8.42 Å². The number of rotatable bonds is 8. The molecule has 0 aliphatic carbocycles. The summed E-state index contributed by atoms with van der Waals surface area (Å²) in [6.07, 6.45) is 0.906. The number of carbonyl (C=O) groups excluding carboxylic acids is 1. The van der Waals surface area contributed by atoms with E-state index in [1.54, 1.807) is 12.1 Å². The Morgan fingerprint density at radius 3 is 2.59 bits per heavy atom. The van der Waals surface area contributed by atoms with Crippen molar-refractivity contribution in [3.8, 4) is 17.0 Å². The number of carbonyl (C=O) groups is 1. The van der Waals surface area contributed by atoms with Crippen molar-refractivity contribution in [1.29, 1.82) is 0 Å². The fourth-order valence-corrected chi connectivity index (χ4v) is 5.95. The van der Waals surface area contributed by atoms with Crippen LogP contribution in [0.5, 0.6) is 5.75 Å². The van der Waals surface area contributed by atoms with Crippen LogP contribution in [0.3, 0.4) is 0 Å². The second kappa shape index (κ2) is 10.8. The first-order valence-electron chi connectivity index (χ1n) is 13.1. The molecule has 2 aromatic heterocycles. The van der Waals surface area contributed by atoms with E-state index < -0.39 is 15.9 Å². The molecule has 1 aromatic carbocycles. The van der Waals surface area contributed by atoms with E-state index in [1.165, 1.54) is 18.2 Å². The fourth-order valence-electron chi connectivity index (χ4n) is 5.00. The van der Waals surface area contributed by atoms with E-state index in [0.29, 0.717) is 36.5 Å². The second-order valence-corrected chi connectivity index (χ2v) is 13.0. The van der Waals surface area contributed by atoms with Gasteiger partial charge < -0.3 is 15.4 Å². The lowest BCUT2D eigenvalue weighted by atomic mass is 9.97. The molecule has 1 saturated heterocycles. The zero-order chi connectivity index (χ0) is 28.5. The topological polar surface area (TPSA) is 128 Å². The number of hydrogen-bond donors (Lipinski definition) is 2. The number of benzene rings is 1. The molecule has 4 rings (SSSR count). The molecule has 10 heteroatoms. The maximum absolute atomic E-state index is 13.5. The summed E-state index contributed by atoms with van der Waals surface area (Å²) >= 11 is 0. The van der Waals surface area contributed by atoms with Crippen molar-refractivity contribution in [3.05, 3.63) is 59.7 Å². The summed E-state index contributed by atoms with van der Waals surface area (Å²) in [6.45, 7) is 13.8. The van der Waals surface area contributed by atoms with Gasteiger partial charge in [0.1, 0.15) is 17.4 Å². The number of aromatic nitrogens is 2. The molecule has 0 spiro atoms. The van der Waals surface area contributed by atoms with Gasteiger partial charge in [-0.05, 0) is 87.1 Å². The number of amides is 1. The average Bonchev–Trinajstić information content (AvgIpc) is 3.13. The Morgan fingerprint density at radius 2 is 1.95 bits per heavy atom. The van der Waals surface area contributed by atoms with Crippen LogP contribution in [-0.2, 0) is 10.0 Å². The van der Waals surface area contributed by atoms with Crippen LogP contribution in [-0.4, -0.2) is 43.0 Å². The number of ether oxygens (including phenoxy) is 1. The lowest BCUT2D eigenvalue weighted by Crippen LogP contribution is -2.41. The van der Waals surface area contributed by atoms with Crippen LogP contribution in [0, 0.1) is 18.8 Å². The lowest BCUT2D eigenvalue weighted by Gasteiger charge is -2.34. The molecule has 39 heavy (non-hydrogen) atoms. The Morgan fingerprint density at radius 1 is 1.21 bits per heavy atom. The maximum Gasteiger partial charge on any atom is 0.281 e. The Labute approximate surface area is 233 Å². The van der Waals surface area contributed by atoms with Gasteiger partial charge in [-0.1, -0.05) is 26.8 Å². The van der Waals surface area contributed by atoms with Crippen molar-refractivity contribution in [3.63, 3.8) is 0 Å². The number of anilines is 2. The van der Waals surface area contributed by atoms with Crippen LogP contribution in [0.4, 0.5) is 11.6 Å². The molecule has 1 atom stereocenters. The minimum atomic E-state index is -4.25. The van der Waals surface area contributed by atoms with Crippen molar-refractivity contribution in [2.75, 3.05) is 23.8 Å². The highest BCUT2D eigenvalue weighted by molar-refractivity contribution is 7.90. The third kappa shape index (κ3) is 6.50. The van der Waals surface area contributed by atoms with Crippen LogP contribution in [0.15, 0.2) is 53.6 Å². The summed E-state index contributed by atoms with van der Waals surface area (Å²) in [6, 6.07) is 13.5. The zero-order valence-corrected chi connectivity index (χ0v) is 24.2. The molecular formula is C29H41N5O4S. The number of nitrogens with two attached hydrogens (primary N) is 1. The predicted molar refractivity (Wildman–Crippen MR) is 157 cm³/mol. The SMILES string of the molecule is Cc1cc(OCC(C)C)cc(-c2ccc(C(=O)NS(=O)(=O)c3cccc(N)n3)c(N3C[C@@H](C)CC3(C)C)n2)c1.[HH].[HH]. The Kier molecular flexibility index (Phi) is 7.88. The maximum atomic E-state index is 13.5. The lowest BCUT2D eigenvalue weighted by molar-refractivity contribution is 0.0981. The minimum Gasteiger partial charge on any atom is -0.493 e. The first-order chi connectivity index (χ1) is 18.2. The van der Waals surface area contributed by atoms with E-state index in [2.05, 4.69) is 49.2 Å². The normalized spacial score (nSPS) is 16.9. The molecule has 0 unspecified atom stereocenters. The van der Waals surface area contributed by atoms with Gasteiger partial charge in [-0.15, -0.1) is 0 Å². The molecule has 0 radical (unpaired) electrons. The van der Waals surface area contributed by atoms with Gasteiger partial charge in [-0.25, -0.2) is 14.7 Å². The number of pyridine rings is 2. The van der Waals surface area contributed by atoms with E-state index in [4.69, 9.17) is 15.5 Å². The third-order valence-corrected chi connectivity index (χ3v) is 7.86. The monoisotopic (exact) mass is 555 g/mol. The number of aryl methyl sites for hydroxylation is 1. The molecular weight excluding hydrogens is 514 g/mol. The van der Waals surface area contributed by atoms with E-state index in [9.17, 15) is 13.2 Å². The average molecular weight is 556 g/mol. The number of nitrogens with one attached hydrogen (secondary N) is 1. The minimum absolute atomic E-state index is 0. The second-order valence-electron chi connectivity index (χ2n) is 11.4. The molecule has 1 amide bonds. The van der Waals surface area contributed by atoms with Crippen molar-refractivity contribution >= 4 is 27.6 Å². The van der Waals surface area contributed by atoms with Gasteiger partial charge in [0.2, 0.25) is 0 Å². The van der Waals surface area contributed by atoms with E-state index in [-0.39, 0.29) is 24.8 Å². The first kappa shape index (κ1) is 28.4. The number of hydrogen-bond acceptors (Lipinski definition) is 8. The zero-order valence-electron chi connectivity index (χ0n) is 23.4. The van der Waals surface area contributed by atoms with Gasteiger partial charge >= 0.3 is 0 Å². The third-order valence-electron chi connectivity index (χ3n) is 6.63. The summed E-state index contributed by atoms with van der Waals surface area (Å²) in [4.78, 5) is 24.4. The summed E-state index contributed by atoms with van der Waals surface area (Å²) in [5.74, 6) is 1.20. The van der Waals surface area contributed by atoms with Crippen LogP contribution < -0.4 is 20.1 Å². The van der Waals surface area contributed by atoms with Crippen LogP contribution in [0.2, 0.25) is 0 Å². The highest BCUT2D eigenvalue weighted by Crippen LogP contribution is 2.38. The summed E-state index contributed by atoms with van der Waals surface area (Å²) in [5.41, 5.74) is 8.07. The largest absolute Gasteiger partial charge is 0.493 e. The molecule has 212 valence electrons. The number of nitrogens with zero attached hydrogens (tertiary/aromatic N) is 3. The van der Waals surface area contributed by atoms with Crippen molar-refractivity contribution in [2.24, 2.45) is 11.8 Å². The quantitative estimate of drug-likeness (QED) is 0.383. The van der Waals surface area contributed by atoms with Gasteiger partial charge in [0.15, 0.2) is 5.03 Å². The van der Waals surface area contributed by atoms with Gasteiger partial charge in [-0.3, -0.25) is 4.79 Å². The number of sulfonamides is 1. The smallest absolute Gasteiger partial charge is 0.281 e. The summed E-state index contributed by atoms with van der Waals surface area (Å²) in [7, 11) is -4.25. The van der Waals surface area contributed by atoms with Gasteiger partial charge in [0.25, 0.3) is 15.9 Å². The van der Waals surface area contributed by atoms with E-state index in [0.717, 1.165) is 23.3 Å². The van der Waals surface area contributed by atoms with Crippen molar-refractivity contribution < 1.29 is 20.8 Å². The van der Waals surface area contributed by atoms with Crippen LogP contribution >= 0.6 is 0 Å².